The first-order valence-corrected chi connectivity index (χ1v) is 12.2. The maximum atomic E-state index is 12.9. The molecule has 2 aromatic rings. The van der Waals surface area contributed by atoms with E-state index in [0.29, 0.717) is 12.0 Å². The highest BCUT2D eigenvalue weighted by atomic mass is 32.2. The molecule has 152 valence electrons. The Morgan fingerprint density at radius 1 is 1.07 bits per heavy atom. The fraction of sp³-hybridized carbons (Fsp3) is 0.435. The maximum absolute atomic E-state index is 12.9. The molecular weight excluding hydrogens is 388 g/mol. The Hall–Kier alpha value is -1.59. The van der Waals surface area contributed by atoms with E-state index in [1.807, 2.05) is 6.26 Å². The fourth-order valence-electron chi connectivity index (χ4n) is 3.23. The molecular formula is C23H30O3S2. The van der Waals surface area contributed by atoms with E-state index in [2.05, 4.69) is 45.0 Å². The standard InChI is InChI=1S/C23H30O3S2/c1-23(2,3)18-11-7-16(8-12-18)20(22(27-5)28(6)25)15-21(24)17-9-13-19(26-4)14-10-17/h7-14,20,22H,15H2,1-6H3. The molecule has 3 atom stereocenters. The molecule has 28 heavy (non-hydrogen) atoms. The molecule has 0 amide bonds. The van der Waals surface area contributed by atoms with Crippen molar-refractivity contribution in [1.82, 2.24) is 0 Å². The number of thioether (sulfide) groups is 1. The number of Topliss-reactive ketones (excluding diaryl/α,β-unsaturated/α-hetero) is 1. The molecule has 0 aromatic heterocycles. The van der Waals surface area contributed by atoms with Crippen LogP contribution in [0.15, 0.2) is 48.5 Å². The topological polar surface area (TPSA) is 43.4 Å². The van der Waals surface area contributed by atoms with Gasteiger partial charge in [-0.3, -0.25) is 9.00 Å². The van der Waals surface area contributed by atoms with Crippen molar-refractivity contribution < 1.29 is 13.7 Å². The van der Waals surface area contributed by atoms with Gasteiger partial charge in [0.2, 0.25) is 0 Å². The van der Waals surface area contributed by atoms with Gasteiger partial charge in [-0.2, -0.15) is 0 Å². The summed E-state index contributed by atoms with van der Waals surface area (Å²) in [6, 6.07) is 15.6. The summed E-state index contributed by atoms with van der Waals surface area (Å²) >= 11 is 1.56. The van der Waals surface area contributed by atoms with Gasteiger partial charge in [0.1, 0.15) is 5.75 Å². The molecule has 0 saturated carbocycles. The lowest BCUT2D eigenvalue weighted by atomic mass is 9.85. The van der Waals surface area contributed by atoms with Gasteiger partial charge >= 0.3 is 0 Å². The van der Waals surface area contributed by atoms with Crippen LogP contribution in [-0.4, -0.2) is 34.2 Å². The molecule has 0 radical (unpaired) electrons. The molecule has 2 rings (SSSR count). The molecule has 0 spiro atoms. The third-order valence-corrected chi connectivity index (χ3v) is 8.08. The van der Waals surface area contributed by atoms with E-state index in [4.69, 9.17) is 4.74 Å². The Kier molecular flexibility index (Phi) is 7.90. The molecule has 0 bridgehead atoms. The van der Waals surface area contributed by atoms with Crippen LogP contribution in [0.3, 0.4) is 0 Å². The van der Waals surface area contributed by atoms with Crippen molar-refractivity contribution >= 4 is 28.3 Å². The van der Waals surface area contributed by atoms with Gasteiger partial charge in [-0.25, -0.2) is 0 Å². The smallest absolute Gasteiger partial charge is 0.163 e. The first-order chi connectivity index (χ1) is 13.2. The molecule has 5 heteroatoms. The van der Waals surface area contributed by atoms with Crippen LogP contribution in [0.1, 0.15) is 54.6 Å². The van der Waals surface area contributed by atoms with Gasteiger partial charge in [0.15, 0.2) is 5.78 Å². The minimum Gasteiger partial charge on any atom is -0.497 e. The highest BCUT2D eigenvalue weighted by Crippen LogP contribution is 2.35. The van der Waals surface area contributed by atoms with Crippen LogP contribution in [0, 0.1) is 0 Å². The molecule has 0 heterocycles. The van der Waals surface area contributed by atoms with Crippen LogP contribution in [0.2, 0.25) is 0 Å². The molecule has 3 unspecified atom stereocenters. The number of methoxy groups -OCH3 is 1. The Morgan fingerprint density at radius 3 is 2.07 bits per heavy atom. The van der Waals surface area contributed by atoms with Crippen LogP contribution >= 0.6 is 11.8 Å². The summed E-state index contributed by atoms with van der Waals surface area (Å²) in [5.74, 6) is 0.670. The Morgan fingerprint density at radius 2 is 1.64 bits per heavy atom. The third-order valence-electron chi connectivity index (χ3n) is 4.91. The summed E-state index contributed by atoms with van der Waals surface area (Å²) in [5.41, 5.74) is 3.03. The molecule has 3 nitrogen and oxygen atoms in total. The van der Waals surface area contributed by atoms with Crippen molar-refractivity contribution in [3.63, 3.8) is 0 Å². The maximum Gasteiger partial charge on any atom is 0.163 e. The number of rotatable bonds is 8. The lowest BCUT2D eigenvalue weighted by molar-refractivity contribution is 0.0975. The van der Waals surface area contributed by atoms with Gasteiger partial charge in [0, 0.05) is 35.0 Å². The second kappa shape index (κ2) is 9.75. The number of carbonyl (C=O) groups excluding carboxylic acids is 1. The number of carbonyl (C=O) groups is 1. The lowest BCUT2D eigenvalue weighted by Crippen LogP contribution is -2.23. The van der Waals surface area contributed by atoms with Crippen molar-refractivity contribution in [1.29, 1.82) is 0 Å². The van der Waals surface area contributed by atoms with Crippen LogP contribution < -0.4 is 4.74 Å². The molecule has 0 aliphatic carbocycles. The zero-order valence-corrected chi connectivity index (χ0v) is 19.2. The quantitative estimate of drug-likeness (QED) is 0.537. The zero-order valence-electron chi connectivity index (χ0n) is 17.5. The first-order valence-electron chi connectivity index (χ1n) is 9.30. The van der Waals surface area contributed by atoms with Crippen molar-refractivity contribution in [2.24, 2.45) is 0 Å². The first kappa shape index (κ1) is 22.7. The summed E-state index contributed by atoms with van der Waals surface area (Å²) < 4.78 is 17.4. The molecule has 0 aliphatic heterocycles. The highest BCUT2D eigenvalue weighted by Gasteiger charge is 2.29. The molecule has 0 fully saturated rings. The van der Waals surface area contributed by atoms with E-state index < -0.39 is 10.8 Å². The number of benzene rings is 2. The SMILES string of the molecule is COc1ccc(C(=O)CC(c2ccc(C(C)(C)C)cc2)C(SC)S(C)=O)cc1. The Labute approximate surface area is 175 Å². The summed E-state index contributed by atoms with van der Waals surface area (Å²) in [7, 11) is 0.561. The Balaban J connectivity index is 2.33. The average molecular weight is 419 g/mol. The zero-order chi connectivity index (χ0) is 20.9. The minimum atomic E-state index is -1.04. The fourth-order valence-corrected chi connectivity index (χ4v) is 5.61. The molecule has 2 aromatic carbocycles. The summed E-state index contributed by atoms with van der Waals surface area (Å²) in [4.78, 5) is 12.9. The van der Waals surface area contributed by atoms with Crippen molar-refractivity contribution in [3.8, 4) is 5.75 Å². The second-order valence-electron chi connectivity index (χ2n) is 7.94. The third kappa shape index (κ3) is 5.71. The Bertz CT molecular complexity index is 805. The van der Waals surface area contributed by atoms with E-state index in [1.165, 1.54) is 5.56 Å². The van der Waals surface area contributed by atoms with Gasteiger partial charge in [-0.05, 0) is 47.1 Å². The van der Waals surface area contributed by atoms with Crippen molar-refractivity contribution in [3.05, 3.63) is 65.2 Å². The van der Waals surface area contributed by atoms with E-state index in [1.54, 1.807) is 49.4 Å². The second-order valence-corrected chi connectivity index (χ2v) is 10.7. The van der Waals surface area contributed by atoms with Crippen molar-refractivity contribution in [2.45, 2.75) is 43.1 Å². The number of hydrogen-bond donors (Lipinski definition) is 0. The van der Waals surface area contributed by atoms with E-state index in [0.717, 1.165) is 11.3 Å². The van der Waals surface area contributed by atoms with E-state index >= 15 is 0 Å². The number of hydrogen-bond acceptors (Lipinski definition) is 4. The van der Waals surface area contributed by atoms with E-state index in [9.17, 15) is 9.00 Å². The van der Waals surface area contributed by atoms with Crippen molar-refractivity contribution in [2.75, 3.05) is 19.6 Å². The summed E-state index contributed by atoms with van der Waals surface area (Å²) in [6.07, 6.45) is 4.00. The van der Waals surface area contributed by atoms with Crippen LogP contribution in [0.5, 0.6) is 5.75 Å². The van der Waals surface area contributed by atoms with Gasteiger partial charge in [-0.15, -0.1) is 11.8 Å². The summed E-state index contributed by atoms with van der Waals surface area (Å²) in [6.45, 7) is 6.54. The van der Waals surface area contributed by atoms with Gasteiger partial charge in [0.25, 0.3) is 0 Å². The highest BCUT2D eigenvalue weighted by molar-refractivity contribution is 8.10. The number of ketones is 1. The molecule has 0 saturated heterocycles. The monoisotopic (exact) mass is 418 g/mol. The lowest BCUT2D eigenvalue weighted by Gasteiger charge is -2.26. The van der Waals surface area contributed by atoms with Gasteiger partial charge in [0.05, 0.1) is 11.7 Å². The minimum absolute atomic E-state index is 0.0528. The largest absolute Gasteiger partial charge is 0.497 e. The number of ether oxygens (including phenoxy) is 1. The van der Waals surface area contributed by atoms with Crippen LogP contribution in [0.25, 0.3) is 0 Å². The summed E-state index contributed by atoms with van der Waals surface area (Å²) in [5, 5.41) is 0. The molecule has 0 N–H and O–H groups in total. The van der Waals surface area contributed by atoms with Crippen LogP contribution in [0.4, 0.5) is 0 Å². The van der Waals surface area contributed by atoms with Gasteiger partial charge < -0.3 is 4.74 Å². The van der Waals surface area contributed by atoms with E-state index in [-0.39, 0.29) is 21.7 Å². The predicted molar refractivity (Wildman–Crippen MR) is 121 cm³/mol. The normalized spacial score (nSPS) is 14.9. The predicted octanol–water partition coefficient (Wildman–Crippen LogP) is 5.42. The van der Waals surface area contributed by atoms with Gasteiger partial charge in [-0.1, -0.05) is 45.0 Å². The average Bonchev–Trinajstić information content (AvgIpc) is 2.67. The molecule has 0 aliphatic rings. The van der Waals surface area contributed by atoms with Crippen LogP contribution in [-0.2, 0) is 16.2 Å².